The van der Waals surface area contributed by atoms with Crippen LogP contribution in [0.25, 0.3) is 0 Å². The largest absolute Gasteiger partial charge is 0.379 e. The molecule has 32 heavy (non-hydrogen) atoms. The van der Waals surface area contributed by atoms with Gasteiger partial charge in [0.2, 0.25) is 0 Å². The summed E-state index contributed by atoms with van der Waals surface area (Å²) < 4.78 is 21.6. The lowest BCUT2D eigenvalue weighted by Crippen LogP contribution is -2.32. The van der Waals surface area contributed by atoms with Crippen LogP contribution in [-0.4, -0.2) is 87.7 Å². The zero-order chi connectivity index (χ0) is 23.8. The number of hydrogen-bond donors (Lipinski definition) is 0. The number of rotatable bonds is 19. The van der Waals surface area contributed by atoms with E-state index in [1.165, 1.54) is 12.2 Å². The summed E-state index contributed by atoms with van der Waals surface area (Å²) in [6, 6.07) is 0. The van der Waals surface area contributed by atoms with E-state index in [0.717, 1.165) is 4.90 Å². The van der Waals surface area contributed by atoms with Gasteiger partial charge in [-0.1, -0.05) is 20.8 Å². The quantitative estimate of drug-likeness (QED) is 0.214. The number of imide groups is 1. The highest BCUT2D eigenvalue weighted by Gasteiger charge is 2.23. The van der Waals surface area contributed by atoms with Crippen LogP contribution in [-0.2, 0) is 38.1 Å². The Labute approximate surface area is 190 Å². The first-order valence-electron chi connectivity index (χ1n) is 11.1. The molecule has 0 aromatic carbocycles. The van der Waals surface area contributed by atoms with Gasteiger partial charge in [-0.15, -0.1) is 0 Å². The molecule has 0 saturated carbocycles. The molecule has 182 valence electrons. The minimum Gasteiger partial charge on any atom is -0.379 e. The Kier molecular flexibility index (Phi) is 13.9. The van der Waals surface area contributed by atoms with Gasteiger partial charge in [0.15, 0.2) is 0 Å². The normalized spacial score (nSPS) is 13.9. The highest BCUT2D eigenvalue weighted by Crippen LogP contribution is 2.16. The number of nitrogens with zero attached hydrogens (tertiary/aromatic N) is 1. The van der Waals surface area contributed by atoms with Crippen molar-refractivity contribution < 1.29 is 38.1 Å². The second-order valence-electron chi connectivity index (χ2n) is 8.43. The Bertz CT molecular complexity index is 620. The van der Waals surface area contributed by atoms with Gasteiger partial charge < -0.3 is 18.9 Å². The molecule has 0 aromatic heterocycles. The van der Waals surface area contributed by atoms with Gasteiger partial charge in [0.05, 0.1) is 46.2 Å². The van der Waals surface area contributed by atoms with Crippen molar-refractivity contribution >= 4 is 23.4 Å². The lowest BCUT2D eigenvalue weighted by molar-refractivity contribution is -0.137. The van der Waals surface area contributed by atoms with Gasteiger partial charge in [-0.3, -0.25) is 24.1 Å². The fraction of sp³-hybridized carbons (Fsp3) is 0.739. The zero-order valence-corrected chi connectivity index (χ0v) is 19.6. The van der Waals surface area contributed by atoms with Gasteiger partial charge in [-0.2, -0.15) is 0 Å². The third-order valence-corrected chi connectivity index (χ3v) is 4.69. The number of hydrogen-bond acceptors (Lipinski definition) is 8. The second kappa shape index (κ2) is 15.8. The van der Waals surface area contributed by atoms with Crippen LogP contribution in [0.1, 0.15) is 46.5 Å². The predicted molar refractivity (Wildman–Crippen MR) is 117 cm³/mol. The van der Waals surface area contributed by atoms with E-state index in [1.54, 1.807) is 0 Å². The summed E-state index contributed by atoms with van der Waals surface area (Å²) in [5, 5.41) is 0. The molecule has 2 amide bonds. The average Bonchev–Trinajstić information content (AvgIpc) is 3.05. The highest BCUT2D eigenvalue weighted by molar-refractivity contribution is 6.13. The van der Waals surface area contributed by atoms with Gasteiger partial charge in [0, 0.05) is 50.0 Å². The molecule has 0 atom stereocenters. The third kappa shape index (κ3) is 12.8. The summed E-state index contributed by atoms with van der Waals surface area (Å²) in [5.74, 6) is -0.547. The van der Waals surface area contributed by atoms with E-state index in [4.69, 9.17) is 18.9 Å². The fourth-order valence-corrected chi connectivity index (χ4v) is 2.69. The smallest absolute Gasteiger partial charge is 0.253 e. The van der Waals surface area contributed by atoms with Gasteiger partial charge in [-0.05, 0) is 6.42 Å². The Morgan fingerprint density at radius 1 is 0.719 bits per heavy atom. The Hall–Kier alpha value is -1.94. The summed E-state index contributed by atoms with van der Waals surface area (Å²) in [4.78, 5) is 47.4. The number of Topliss-reactive ketones (excluding diaryl/α,β-unsaturated/α-hetero) is 2. The minimum absolute atomic E-state index is 0.000667. The molecule has 0 aliphatic carbocycles. The van der Waals surface area contributed by atoms with Crippen LogP contribution in [0.2, 0.25) is 0 Å². The zero-order valence-electron chi connectivity index (χ0n) is 19.6. The number of carbonyl (C=O) groups is 4. The Morgan fingerprint density at radius 2 is 1.19 bits per heavy atom. The van der Waals surface area contributed by atoms with Crippen molar-refractivity contribution in [3.63, 3.8) is 0 Å². The van der Waals surface area contributed by atoms with Gasteiger partial charge >= 0.3 is 0 Å². The fourth-order valence-electron chi connectivity index (χ4n) is 2.69. The van der Waals surface area contributed by atoms with E-state index in [9.17, 15) is 19.2 Å². The van der Waals surface area contributed by atoms with Crippen molar-refractivity contribution in [2.75, 3.05) is 59.4 Å². The van der Waals surface area contributed by atoms with Crippen molar-refractivity contribution in [2.45, 2.75) is 46.5 Å². The van der Waals surface area contributed by atoms with Gasteiger partial charge in [0.1, 0.15) is 11.6 Å². The van der Waals surface area contributed by atoms with E-state index in [0.29, 0.717) is 72.1 Å². The maximum Gasteiger partial charge on any atom is 0.253 e. The van der Waals surface area contributed by atoms with Crippen molar-refractivity contribution in [1.82, 2.24) is 4.90 Å². The SMILES string of the molecule is CC(C)(C)C(=O)CCOCCOCCOCCOCCCC(=O)CCN1C(=O)C=CC1=O. The monoisotopic (exact) mass is 455 g/mol. The maximum absolute atomic E-state index is 11.8. The Balaban J connectivity index is 1.81. The third-order valence-electron chi connectivity index (χ3n) is 4.69. The predicted octanol–water partition coefficient (Wildman–Crippen LogP) is 1.72. The summed E-state index contributed by atoms with van der Waals surface area (Å²) in [7, 11) is 0. The second-order valence-corrected chi connectivity index (χ2v) is 8.43. The van der Waals surface area contributed by atoms with Crippen LogP contribution in [0.15, 0.2) is 12.2 Å². The first-order chi connectivity index (χ1) is 15.2. The molecule has 0 unspecified atom stereocenters. The van der Waals surface area contributed by atoms with E-state index >= 15 is 0 Å². The summed E-state index contributed by atoms with van der Waals surface area (Å²) in [6.45, 7) is 9.36. The molecule has 0 fully saturated rings. The number of amides is 2. The molecule has 0 saturated heterocycles. The average molecular weight is 456 g/mol. The molecule has 9 heteroatoms. The topological polar surface area (TPSA) is 108 Å². The van der Waals surface area contributed by atoms with Crippen molar-refractivity contribution in [3.8, 4) is 0 Å². The molecule has 0 N–H and O–H groups in total. The van der Waals surface area contributed by atoms with Crippen LogP contribution in [0.4, 0.5) is 0 Å². The van der Waals surface area contributed by atoms with E-state index in [-0.39, 0.29) is 41.8 Å². The molecule has 0 aromatic rings. The molecule has 0 spiro atoms. The van der Waals surface area contributed by atoms with Crippen LogP contribution < -0.4 is 0 Å². The van der Waals surface area contributed by atoms with E-state index in [2.05, 4.69) is 0 Å². The first kappa shape index (κ1) is 28.1. The molecule has 1 rings (SSSR count). The molecule has 0 radical (unpaired) electrons. The van der Waals surface area contributed by atoms with Crippen LogP contribution in [0, 0.1) is 5.41 Å². The summed E-state index contributed by atoms with van der Waals surface area (Å²) in [5.41, 5.74) is -0.325. The molecule has 0 bridgehead atoms. The number of ether oxygens (including phenoxy) is 4. The molecular formula is C23H37NO8. The van der Waals surface area contributed by atoms with Crippen LogP contribution in [0.5, 0.6) is 0 Å². The number of ketones is 2. The van der Waals surface area contributed by atoms with Crippen LogP contribution >= 0.6 is 0 Å². The first-order valence-corrected chi connectivity index (χ1v) is 11.1. The summed E-state index contributed by atoms with van der Waals surface area (Å²) in [6.07, 6.45) is 3.95. The van der Waals surface area contributed by atoms with Gasteiger partial charge in [-0.25, -0.2) is 0 Å². The van der Waals surface area contributed by atoms with Crippen molar-refractivity contribution in [1.29, 1.82) is 0 Å². The molecule has 9 nitrogen and oxygen atoms in total. The van der Waals surface area contributed by atoms with Crippen molar-refractivity contribution in [3.05, 3.63) is 12.2 Å². The van der Waals surface area contributed by atoms with Crippen molar-refractivity contribution in [2.24, 2.45) is 5.41 Å². The molecule has 1 heterocycles. The van der Waals surface area contributed by atoms with Gasteiger partial charge in [0.25, 0.3) is 11.8 Å². The molecular weight excluding hydrogens is 418 g/mol. The van der Waals surface area contributed by atoms with E-state index < -0.39 is 0 Å². The molecule has 1 aliphatic rings. The van der Waals surface area contributed by atoms with Crippen LogP contribution in [0.3, 0.4) is 0 Å². The maximum atomic E-state index is 11.8. The number of carbonyl (C=O) groups excluding carboxylic acids is 4. The summed E-state index contributed by atoms with van der Waals surface area (Å²) >= 11 is 0. The Morgan fingerprint density at radius 3 is 1.69 bits per heavy atom. The molecule has 1 aliphatic heterocycles. The highest BCUT2D eigenvalue weighted by atomic mass is 16.6. The van der Waals surface area contributed by atoms with E-state index in [1.807, 2.05) is 20.8 Å². The minimum atomic E-state index is -0.367. The lowest BCUT2D eigenvalue weighted by atomic mass is 9.89. The lowest BCUT2D eigenvalue weighted by Gasteiger charge is -2.16. The standard InChI is InChI=1S/C23H37NO8/c1-23(2,3)20(26)9-12-30-14-16-32-18-17-31-15-13-29-11-4-5-19(25)8-10-24-21(27)6-7-22(24)28/h6-7H,4-5,8-18H2,1-3H3.